The average Bonchev–Trinajstić information content (AvgIpc) is 3.24. The quantitative estimate of drug-likeness (QED) is 0.557. The lowest BCUT2D eigenvalue weighted by Crippen LogP contribution is -2.37. The van der Waals surface area contributed by atoms with Gasteiger partial charge >= 0.3 is 5.97 Å². The predicted molar refractivity (Wildman–Crippen MR) is 120 cm³/mol. The highest BCUT2D eigenvalue weighted by atomic mass is 32.1. The molecular weight excluding hydrogens is 396 g/mol. The highest BCUT2D eigenvalue weighted by molar-refractivity contribution is 7.18. The minimum Gasteiger partial charge on any atom is -0.465 e. The van der Waals surface area contributed by atoms with Gasteiger partial charge in [-0.05, 0) is 50.6 Å². The number of anilines is 2. The highest BCUT2D eigenvalue weighted by Gasteiger charge is 2.23. The van der Waals surface area contributed by atoms with Gasteiger partial charge < -0.3 is 10.1 Å². The van der Waals surface area contributed by atoms with E-state index in [2.05, 4.69) is 33.4 Å². The van der Waals surface area contributed by atoms with E-state index in [9.17, 15) is 4.79 Å². The fraction of sp³-hybridized carbons (Fsp3) is 0.348. The maximum absolute atomic E-state index is 11.7. The number of carbonyl (C=O) groups excluding carboxylic acids is 1. The third-order valence-electron chi connectivity index (χ3n) is 5.23. The number of carbonyl (C=O) groups is 1. The molecule has 1 fully saturated rings. The third kappa shape index (κ3) is 5.23. The van der Waals surface area contributed by atoms with Crippen LogP contribution in [0.1, 0.15) is 31.4 Å². The molecule has 0 saturated carbocycles. The van der Waals surface area contributed by atoms with Gasteiger partial charge in [0.15, 0.2) is 5.13 Å². The largest absolute Gasteiger partial charge is 0.465 e. The number of benzene rings is 1. The van der Waals surface area contributed by atoms with E-state index in [4.69, 9.17) is 9.72 Å². The molecule has 1 saturated heterocycles. The molecule has 2 aromatic heterocycles. The van der Waals surface area contributed by atoms with Crippen LogP contribution in [0.2, 0.25) is 0 Å². The van der Waals surface area contributed by atoms with Crippen LogP contribution in [0.4, 0.5) is 10.9 Å². The predicted octanol–water partition coefficient (Wildman–Crippen LogP) is 4.69. The van der Waals surface area contributed by atoms with Gasteiger partial charge in [0.2, 0.25) is 0 Å². The Balaban J connectivity index is 1.36. The normalized spacial score (nSPS) is 15.1. The molecule has 0 radical (unpaired) electrons. The van der Waals surface area contributed by atoms with Gasteiger partial charge in [-0.1, -0.05) is 47.7 Å². The van der Waals surface area contributed by atoms with Crippen molar-refractivity contribution in [3.05, 3.63) is 60.4 Å². The second kappa shape index (κ2) is 9.82. The number of hydrogen-bond acceptors (Lipinski definition) is 7. The number of likely N-dealkylation sites (tertiary alicyclic amines) is 1. The van der Waals surface area contributed by atoms with Crippen LogP contribution in [0.15, 0.2) is 54.7 Å². The summed E-state index contributed by atoms with van der Waals surface area (Å²) in [5.74, 6) is 1.08. The summed E-state index contributed by atoms with van der Waals surface area (Å²) >= 11 is 1.62. The van der Waals surface area contributed by atoms with Crippen LogP contribution < -0.4 is 5.32 Å². The molecule has 0 unspecified atom stereocenters. The van der Waals surface area contributed by atoms with Gasteiger partial charge in [0.25, 0.3) is 0 Å². The van der Waals surface area contributed by atoms with Crippen molar-refractivity contribution in [2.45, 2.75) is 25.7 Å². The monoisotopic (exact) mass is 422 g/mol. The van der Waals surface area contributed by atoms with Gasteiger partial charge in [-0.25, -0.2) is 9.97 Å². The summed E-state index contributed by atoms with van der Waals surface area (Å²) in [6, 6.07) is 16.4. The van der Waals surface area contributed by atoms with Crippen LogP contribution in [0.5, 0.6) is 0 Å². The van der Waals surface area contributed by atoms with E-state index in [0.29, 0.717) is 19.1 Å². The highest BCUT2D eigenvalue weighted by Crippen LogP contribution is 2.31. The van der Waals surface area contributed by atoms with E-state index in [-0.39, 0.29) is 5.97 Å². The molecule has 6 nitrogen and oxygen atoms in total. The first-order valence-electron chi connectivity index (χ1n) is 10.3. The molecule has 3 aromatic rings. The number of nitrogens with one attached hydrogen (secondary N) is 1. The van der Waals surface area contributed by atoms with Crippen molar-refractivity contribution in [2.75, 3.05) is 31.6 Å². The summed E-state index contributed by atoms with van der Waals surface area (Å²) < 4.78 is 5.05. The minimum absolute atomic E-state index is 0.140. The van der Waals surface area contributed by atoms with E-state index >= 15 is 0 Å². The van der Waals surface area contributed by atoms with Crippen LogP contribution in [0.3, 0.4) is 0 Å². The number of aromatic nitrogens is 2. The molecule has 0 atom stereocenters. The van der Waals surface area contributed by atoms with Gasteiger partial charge in [-0.2, -0.15) is 0 Å². The standard InChI is InChI=1S/C23H26N4O2S/c1-2-29-22(28)16-27-13-11-17(12-14-27)19-9-6-10-21(25-19)26-23-24-15-20(30-23)18-7-4-3-5-8-18/h3-10,15,17H,2,11-14,16H2,1H3,(H,24,25,26). The van der Waals surface area contributed by atoms with Gasteiger partial charge in [0.05, 0.1) is 18.0 Å². The van der Waals surface area contributed by atoms with Crippen LogP contribution in [-0.2, 0) is 9.53 Å². The lowest BCUT2D eigenvalue weighted by atomic mass is 9.93. The summed E-state index contributed by atoms with van der Waals surface area (Å²) in [5.41, 5.74) is 2.26. The first-order chi connectivity index (χ1) is 14.7. The number of pyridine rings is 1. The second-order valence-corrected chi connectivity index (χ2v) is 8.35. The molecule has 1 aliphatic heterocycles. The molecule has 7 heteroatoms. The zero-order valence-electron chi connectivity index (χ0n) is 17.1. The number of thiazole rings is 1. The SMILES string of the molecule is CCOC(=O)CN1CCC(c2cccc(Nc3ncc(-c4ccccc4)s3)n2)CC1. The molecule has 0 bridgehead atoms. The summed E-state index contributed by atoms with van der Waals surface area (Å²) in [6.07, 6.45) is 3.88. The summed E-state index contributed by atoms with van der Waals surface area (Å²) in [6.45, 7) is 4.42. The Morgan fingerprint density at radius 3 is 2.73 bits per heavy atom. The van der Waals surface area contributed by atoms with E-state index in [1.807, 2.05) is 43.5 Å². The number of rotatable bonds is 7. The number of piperidine rings is 1. The van der Waals surface area contributed by atoms with Gasteiger partial charge in [0, 0.05) is 17.8 Å². The van der Waals surface area contributed by atoms with Crippen LogP contribution in [-0.4, -0.2) is 47.1 Å². The zero-order valence-corrected chi connectivity index (χ0v) is 17.9. The first-order valence-corrected chi connectivity index (χ1v) is 11.2. The number of esters is 1. The van der Waals surface area contributed by atoms with E-state index in [1.165, 1.54) is 5.56 Å². The third-order valence-corrected chi connectivity index (χ3v) is 6.20. The van der Waals surface area contributed by atoms with Gasteiger partial charge in [-0.3, -0.25) is 9.69 Å². The molecule has 0 amide bonds. The van der Waals surface area contributed by atoms with E-state index in [0.717, 1.165) is 47.5 Å². The van der Waals surface area contributed by atoms with Crippen molar-refractivity contribution in [1.82, 2.24) is 14.9 Å². The number of nitrogens with zero attached hydrogens (tertiary/aromatic N) is 3. The Morgan fingerprint density at radius 2 is 1.97 bits per heavy atom. The van der Waals surface area contributed by atoms with Crippen molar-refractivity contribution >= 4 is 28.3 Å². The van der Waals surface area contributed by atoms with Crippen LogP contribution in [0.25, 0.3) is 10.4 Å². The lowest BCUT2D eigenvalue weighted by Gasteiger charge is -2.30. The van der Waals surface area contributed by atoms with Crippen molar-refractivity contribution in [3.63, 3.8) is 0 Å². The molecule has 1 aliphatic rings. The first kappa shape index (κ1) is 20.5. The maximum atomic E-state index is 11.7. The van der Waals surface area contributed by atoms with Crippen molar-refractivity contribution in [3.8, 4) is 10.4 Å². The molecule has 30 heavy (non-hydrogen) atoms. The van der Waals surface area contributed by atoms with E-state index < -0.39 is 0 Å². The van der Waals surface area contributed by atoms with Gasteiger partial charge in [0.1, 0.15) is 5.82 Å². The molecule has 0 aliphatic carbocycles. The number of hydrogen-bond donors (Lipinski definition) is 1. The zero-order chi connectivity index (χ0) is 20.8. The average molecular weight is 423 g/mol. The van der Waals surface area contributed by atoms with Crippen LogP contribution >= 0.6 is 11.3 Å². The number of ether oxygens (including phenoxy) is 1. The van der Waals surface area contributed by atoms with Crippen molar-refractivity contribution < 1.29 is 9.53 Å². The maximum Gasteiger partial charge on any atom is 0.320 e. The molecule has 4 rings (SSSR count). The smallest absolute Gasteiger partial charge is 0.320 e. The molecule has 0 spiro atoms. The molecule has 1 N–H and O–H groups in total. The molecule has 156 valence electrons. The molecule has 1 aromatic carbocycles. The van der Waals surface area contributed by atoms with Crippen molar-refractivity contribution in [1.29, 1.82) is 0 Å². The molecule has 3 heterocycles. The van der Waals surface area contributed by atoms with Gasteiger partial charge in [-0.15, -0.1) is 0 Å². The molecular formula is C23H26N4O2S. The lowest BCUT2D eigenvalue weighted by molar-refractivity contribution is -0.144. The second-order valence-electron chi connectivity index (χ2n) is 7.32. The Morgan fingerprint density at radius 1 is 1.17 bits per heavy atom. The fourth-order valence-corrected chi connectivity index (χ4v) is 4.53. The Hall–Kier alpha value is -2.77. The summed E-state index contributed by atoms with van der Waals surface area (Å²) in [7, 11) is 0. The Bertz CT molecular complexity index is 968. The Kier molecular flexibility index (Phi) is 6.71. The minimum atomic E-state index is -0.140. The summed E-state index contributed by atoms with van der Waals surface area (Å²) in [4.78, 5) is 24.3. The van der Waals surface area contributed by atoms with E-state index in [1.54, 1.807) is 11.3 Å². The Labute approximate surface area is 180 Å². The topological polar surface area (TPSA) is 67.3 Å². The van der Waals surface area contributed by atoms with Crippen LogP contribution in [0, 0.1) is 0 Å². The van der Waals surface area contributed by atoms with Crippen molar-refractivity contribution in [2.24, 2.45) is 0 Å². The fourth-order valence-electron chi connectivity index (χ4n) is 3.70. The summed E-state index contributed by atoms with van der Waals surface area (Å²) in [5, 5.41) is 4.18.